The Kier molecular flexibility index (Phi) is 7.39. The maximum Gasteiger partial charge on any atom is 0.241 e. The van der Waals surface area contributed by atoms with Crippen LogP contribution in [0.4, 0.5) is 0 Å². The summed E-state index contributed by atoms with van der Waals surface area (Å²) in [5.41, 5.74) is 5.54. The lowest BCUT2D eigenvalue weighted by molar-refractivity contribution is 0.581. The van der Waals surface area contributed by atoms with Crippen LogP contribution in [0.5, 0.6) is 0 Å². The predicted molar refractivity (Wildman–Crippen MR) is 145 cm³/mol. The second kappa shape index (κ2) is 11.0. The van der Waals surface area contributed by atoms with E-state index in [1.54, 1.807) is 29.2 Å². The van der Waals surface area contributed by atoms with E-state index in [-0.39, 0.29) is 0 Å². The number of aromatic nitrogens is 4. The summed E-state index contributed by atoms with van der Waals surface area (Å²) in [6.07, 6.45) is 13.1. The summed E-state index contributed by atoms with van der Waals surface area (Å²) in [5, 5.41) is 8.44. The van der Waals surface area contributed by atoms with Crippen LogP contribution in [0.15, 0.2) is 102 Å². The molecule has 1 unspecified atom stereocenters. The Bertz CT molecular complexity index is 1520. The van der Waals surface area contributed by atoms with Crippen molar-refractivity contribution in [2.24, 2.45) is 5.92 Å². The Morgan fingerprint density at radius 3 is 2.59 bits per heavy atom. The van der Waals surface area contributed by atoms with E-state index < -0.39 is 10.0 Å². The molecule has 1 N–H and O–H groups in total. The molecule has 5 rings (SSSR count). The van der Waals surface area contributed by atoms with Crippen molar-refractivity contribution < 1.29 is 8.42 Å². The van der Waals surface area contributed by atoms with Crippen molar-refractivity contribution >= 4 is 15.6 Å². The van der Waals surface area contributed by atoms with Gasteiger partial charge in [-0.15, -0.1) is 5.10 Å². The summed E-state index contributed by atoms with van der Waals surface area (Å²) in [4.78, 5) is 4.44. The van der Waals surface area contributed by atoms with Gasteiger partial charge in [0.15, 0.2) is 0 Å². The van der Waals surface area contributed by atoms with E-state index in [1.165, 1.54) is 0 Å². The van der Waals surface area contributed by atoms with Crippen molar-refractivity contribution in [1.29, 1.82) is 0 Å². The van der Waals surface area contributed by atoms with E-state index >= 15 is 0 Å². The molecule has 0 fully saturated rings. The molecule has 4 aromatic rings. The zero-order valence-electron chi connectivity index (χ0n) is 20.7. The zero-order chi connectivity index (χ0) is 25.7. The smallest absolute Gasteiger partial charge is 0.241 e. The van der Waals surface area contributed by atoms with Gasteiger partial charge in [-0.05, 0) is 53.7 Å². The number of hydrogen-bond acceptors (Lipinski definition) is 5. The molecular weight excluding hydrogens is 482 g/mol. The summed E-state index contributed by atoms with van der Waals surface area (Å²) >= 11 is 0. The molecule has 1 atom stereocenters. The minimum atomic E-state index is -3.64. The monoisotopic (exact) mass is 511 g/mol. The van der Waals surface area contributed by atoms with Gasteiger partial charge in [-0.1, -0.05) is 72.8 Å². The van der Waals surface area contributed by atoms with Crippen molar-refractivity contribution in [2.75, 3.05) is 6.54 Å². The minimum Gasteiger partial charge on any atom is -0.264 e. The van der Waals surface area contributed by atoms with Gasteiger partial charge in [0.1, 0.15) is 5.69 Å². The lowest BCUT2D eigenvalue weighted by Gasteiger charge is -2.16. The molecule has 0 saturated heterocycles. The van der Waals surface area contributed by atoms with E-state index in [9.17, 15) is 8.42 Å². The number of nitrogens with one attached hydrogen (secondary N) is 1. The van der Waals surface area contributed by atoms with Crippen LogP contribution >= 0.6 is 0 Å². The second-order valence-electron chi connectivity index (χ2n) is 9.24. The number of rotatable bonds is 9. The molecule has 188 valence electrons. The highest BCUT2D eigenvalue weighted by atomic mass is 32.2. The fraction of sp³-hybridized carbons (Fsp3) is 0.207. The van der Waals surface area contributed by atoms with Gasteiger partial charge < -0.3 is 0 Å². The van der Waals surface area contributed by atoms with E-state index in [1.807, 2.05) is 60.8 Å². The summed E-state index contributed by atoms with van der Waals surface area (Å²) in [7, 11) is -3.64. The van der Waals surface area contributed by atoms with Crippen molar-refractivity contribution in [3.8, 4) is 11.3 Å². The summed E-state index contributed by atoms with van der Waals surface area (Å²) in [6, 6.07) is 19.1. The number of pyridine rings is 1. The number of allylic oxidation sites excluding steroid dienone is 4. The van der Waals surface area contributed by atoms with Crippen LogP contribution in [-0.4, -0.2) is 34.9 Å². The van der Waals surface area contributed by atoms with Crippen molar-refractivity contribution in [3.63, 3.8) is 0 Å². The summed E-state index contributed by atoms with van der Waals surface area (Å²) in [6.45, 7) is 3.06. The molecule has 2 aromatic heterocycles. The van der Waals surface area contributed by atoms with Crippen LogP contribution in [-0.2, 0) is 23.0 Å². The van der Waals surface area contributed by atoms with Crippen LogP contribution in [0.3, 0.4) is 0 Å². The van der Waals surface area contributed by atoms with Gasteiger partial charge in [0.2, 0.25) is 10.0 Å². The summed E-state index contributed by atoms with van der Waals surface area (Å²) < 4.78 is 30.8. The Balaban J connectivity index is 1.18. The Morgan fingerprint density at radius 2 is 1.84 bits per heavy atom. The standard InChI is InChI=1S/C29H29N5O2S/c1-22-8-14-25(15-9-22)27-6-2-3-7-29(27)37(35,36)31-18-16-23-10-12-24(13-11-23)20-34-21-28(32-33-34)26-5-4-17-30-19-26/h2-8,10-15,17,19,21-22,31H,9,16,18,20H2,1H3. The topological polar surface area (TPSA) is 89.8 Å². The molecule has 8 heteroatoms. The first-order valence-electron chi connectivity index (χ1n) is 12.3. The van der Waals surface area contributed by atoms with Crippen LogP contribution in [0.25, 0.3) is 16.8 Å². The molecular formula is C29H29N5O2S. The SMILES string of the molecule is CC1C=CC(c2ccccc2S(=O)(=O)NCCc2ccc(Cn3cc(-c4cccnc4)nn3)cc2)=CC1. The van der Waals surface area contributed by atoms with Crippen molar-refractivity contribution in [1.82, 2.24) is 24.7 Å². The quantitative estimate of drug-likeness (QED) is 0.346. The molecule has 2 aromatic carbocycles. The number of nitrogens with zero attached hydrogens (tertiary/aromatic N) is 4. The Hall–Kier alpha value is -3.88. The first kappa shape index (κ1) is 24.8. The molecule has 1 aliphatic carbocycles. The summed E-state index contributed by atoms with van der Waals surface area (Å²) in [5.74, 6) is 0.470. The molecule has 0 amide bonds. The largest absolute Gasteiger partial charge is 0.264 e. The van der Waals surface area contributed by atoms with Gasteiger partial charge in [0.05, 0.1) is 17.6 Å². The highest BCUT2D eigenvalue weighted by Crippen LogP contribution is 2.28. The molecule has 2 heterocycles. The lowest BCUT2D eigenvalue weighted by Crippen LogP contribution is -2.26. The van der Waals surface area contributed by atoms with Crippen LogP contribution in [0.1, 0.15) is 30.0 Å². The molecule has 0 saturated carbocycles. The Labute approximate surface area is 217 Å². The predicted octanol–water partition coefficient (Wildman–Crippen LogP) is 4.89. The van der Waals surface area contributed by atoms with Crippen LogP contribution in [0, 0.1) is 5.92 Å². The number of benzene rings is 2. The minimum absolute atomic E-state index is 0.314. The zero-order valence-corrected chi connectivity index (χ0v) is 21.5. The lowest BCUT2D eigenvalue weighted by atomic mass is 9.94. The molecule has 0 radical (unpaired) electrons. The van der Waals surface area contributed by atoms with Gasteiger partial charge in [0.25, 0.3) is 0 Å². The number of hydrogen-bond donors (Lipinski definition) is 1. The first-order valence-corrected chi connectivity index (χ1v) is 13.8. The molecule has 37 heavy (non-hydrogen) atoms. The van der Waals surface area contributed by atoms with Crippen molar-refractivity contribution in [2.45, 2.75) is 31.2 Å². The van der Waals surface area contributed by atoms with E-state index in [0.717, 1.165) is 39.9 Å². The molecule has 1 aliphatic rings. The molecule has 0 bridgehead atoms. The number of sulfonamides is 1. The van der Waals surface area contributed by atoms with Gasteiger partial charge >= 0.3 is 0 Å². The molecule has 0 aliphatic heterocycles. The molecule has 7 nitrogen and oxygen atoms in total. The van der Waals surface area contributed by atoms with E-state index in [2.05, 4.69) is 39.1 Å². The Morgan fingerprint density at radius 1 is 1.03 bits per heavy atom. The molecule has 0 spiro atoms. The normalized spacial score (nSPS) is 15.5. The third-order valence-electron chi connectivity index (χ3n) is 6.37. The fourth-order valence-electron chi connectivity index (χ4n) is 4.29. The highest BCUT2D eigenvalue weighted by Gasteiger charge is 2.20. The van der Waals surface area contributed by atoms with Crippen LogP contribution < -0.4 is 4.72 Å². The van der Waals surface area contributed by atoms with Gasteiger partial charge in [-0.25, -0.2) is 17.8 Å². The maximum atomic E-state index is 13.1. The fourth-order valence-corrected chi connectivity index (χ4v) is 5.55. The second-order valence-corrected chi connectivity index (χ2v) is 11.0. The third kappa shape index (κ3) is 6.10. The van der Waals surface area contributed by atoms with Crippen molar-refractivity contribution in [3.05, 3.63) is 114 Å². The average molecular weight is 512 g/mol. The third-order valence-corrected chi connectivity index (χ3v) is 7.89. The van der Waals surface area contributed by atoms with E-state index in [4.69, 9.17) is 0 Å². The van der Waals surface area contributed by atoms with Gasteiger partial charge in [-0.2, -0.15) is 0 Å². The van der Waals surface area contributed by atoms with E-state index in [0.29, 0.717) is 30.3 Å². The highest BCUT2D eigenvalue weighted by molar-refractivity contribution is 7.89. The van der Waals surface area contributed by atoms with Crippen LogP contribution in [0.2, 0.25) is 0 Å². The van der Waals surface area contributed by atoms with Gasteiger partial charge in [-0.3, -0.25) is 4.98 Å². The maximum absolute atomic E-state index is 13.1. The first-order chi connectivity index (χ1) is 18.0. The van der Waals surface area contributed by atoms with Gasteiger partial charge in [0, 0.05) is 30.1 Å². The average Bonchev–Trinajstić information content (AvgIpc) is 3.39.